The summed E-state index contributed by atoms with van der Waals surface area (Å²) in [6.45, 7) is 8.74. The molecule has 34 heavy (non-hydrogen) atoms. The molecule has 1 rings (SSSR count). The number of nitrogens with zero attached hydrogens (tertiary/aromatic N) is 1. The predicted molar refractivity (Wildman–Crippen MR) is 145 cm³/mol. The third-order valence-electron chi connectivity index (χ3n) is 6.62. The van der Waals surface area contributed by atoms with Gasteiger partial charge in [-0.3, -0.25) is 9.59 Å². The molecule has 1 aromatic rings. The highest BCUT2D eigenvalue weighted by molar-refractivity contribution is 5.93. The van der Waals surface area contributed by atoms with Crippen molar-refractivity contribution in [1.29, 1.82) is 0 Å². The number of hydrogen-bond donors (Lipinski definition) is 2. The zero-order chi connectivity index (χ0) is 25.0. The SMILES string of the molecule is CCCCCCC(CCCC)C(=O)Nc1cccc(NC(=O)C(CCCC)CCCCCC)n1. The molecule has 0 saturated carbocycles. The normalized spacial score (nSPS) is 12.8. The van der Waals surface area contributed by atoms with Crippen molar-refractivity contribution in [2.75, 3.05) is 10.6 Å². The third-order valence-corrected chi connectivity index (χ3v) is 6.62. The van der Waals surface area contributed by atoms with Crippen LogP contribution in [-0.4, -0.2) is 16.8 Å². The number of unbranched alkanes of at least 4 members (excludes halogenated alkanes) is 8. The molecule has 0 radical (unpaired) electrons. The van der Waals surface area contributed by atoms with Crippen LogP contribution in [0.15, 0.2) is 18.2 Å². The topological polar surface area (TPSA) is 71.1 Å². The van der Waals surface area contributed by atoms with Gasteiger partial charge in [0.25, 0.3) is 0 Å². The smallest absolute Gasteiger partial charge is 0.228 e. The van der Waals surface area contributed by atoms with Crippen LogP contribution in [0, 0.1) is 11.8 Å². The summed E-state index contributed by atoms with van der Waals surface area (Å²) in [5.41, 5.74) is 0. The fraction of sp³-hybridized carbons (Fsp3) is 0.759. The van der Waals surface area contributed by atoms with Crippen molar-refractivity contribution in [3.63, 3.8) is 0 Å². The summed E-state index contributed by atoms with van der Waals surface area (Å²) in [6.07, 6.45) is 17.4. The Labute approximate surface area is 209 Å². The molecule has 5 heteroatoms. The lowest BCUT2D eigenvalue weighted by molar-refractivity contribution is -0.121. The molecular weight excluding hydrogens is 422 g/mol. The highest BCUT2D eigenvalue weighted by Gasteiger charge is 2.20. The fourth-order valence-electron chi connectivity index (χ4n) is 4.38. The lowest BCUT2D eigenvalue weighted by Crippen LogP contribution is -2.25. The maximum atomic E-state index is 13.0. The van der Waals surface area contributed by atoms with Gasteiger partial charge < -0.3 is 10.6 Å². The van der Waals surface area contributed by atoms with Crippen LogP contribution < -0.4 is 10.6 Å². The van der Waals surface area contributed by atoms with Gasteiger partial charge in [0.05, 0.1) is 0 Å². The zero-order valence-electron chi connectivity index (χ0n) is 22.5. The summed E-state index contributed by atoms with van der Waals surface area (Å²) in [7, 11) is 0. The Bertz CT molecular complexity index is 624. The van der Waals surface area contributed by atoms with Crippen LogP contribution in [0.2, 0.25) is 0 Å². The van der Waals surface area contributed by atoms with Gasteiger partial charge in [0.2, 0.25) is 11.8 Å². The van der Waals surface area contributed by atoms with Crippen molar-refractivity contribution >= 4 is 23.5 Å². The minimum Gasteiger partial charge on any atom is -0.310 e. The standard InChI is InChI=1S/C29H51N3O2/c1-5-9-13-15-20-24(18-11-7-3)28(33)31-26-22-17-23-27(30-26)32-29(34)25(19-12-8-4)21-16-14-10-6-2/h17,22-25H,5-16,18-21H2,1-4H3,(H2,30,31,32,33,34). The second-order valence-corrected chi connectivity index (χ2v) is 9.76. The number of carbonyl (C=O) groups excluding carboxylic acids is 2. The molecule has 2 unspecified atom stereocenters. The summed E-state index contributed by atoms with van der Waals surface area (Å²) >= 11 is 0. The highest BCUT2D eigenvalue weighted by Crippen LogP contribution is 2.22. The molecule has 0 fully saturated rings. The number of nitrogens with one attached hydrogen (secondary N) is 2. The van der Waals surface area contributed by atoms with Gasteiger partial charge in [-0.1, -0.05) is 111 Å². The lowest BCUT2D eigenvalue weighted by atomic mass is 9.94. The quantitative estimate of drug-likeness (QED) is 0.186. The molecule has 0 aliphatic heterocycles. The van der Waals surface area contributed by atoms with E-state index in [1.807, 2.05) is 6.07 Å². The lowest BCUT2D eigenvalue weighted by Gasteiger charge is -2.18. The molecule has 0 spiro atoms. The van der Waals surface area contributed by atoms with E-state index in [1.165, 1.54) is 38.5 Å². The average molecular weight is 474 g/mol. The van der Waals surface area contributed by atoms with Gasteiger partial charge in [-0.05, 0) is 37.8 Å². The molecule has 0 aromatic carbocycles. The van der Waals surface area contributed by atoms with Crippen molar-refractivity contribution < 1.29 is 9.59 Å². The molecule has 2 amide bonds. The molecule has 0 aliphatic carbocycles. The van der Waals surface area contributed by atoms with Crippen LogP contribution in [0.3, 0.4) is 0 Å². The van der Waals surface area contributed by atoms with Crippen LogP contribution >= 0.6 is 0 Å². The fourth-order valence-corrected chi connectivity index (χ4v) is 4.38. The van der Waals surface area contributed by atoms with E-state index in [1.54, 1.807) is 12.1 Å². The molecule has 0 bridgehead atoms. The van der Waals surface area contributed by atoms with E-state index in [-0.39, 0.29) is 23.7 Å². The van der Waals surface area contributed by atoms with E-state index >= 15 is 0 Å². The first-order valence-electron chi connectivity index (χ1n) is 14.1. The number of pyridine rings is 1. The van der Waals surface area contributed by atoms with E-state index in [4.69, 9.17) is 0 Å². The van der Waals surface area contributed by atoms with Crippen molar-refractivity contribution in [2.24, 2.45) is 11.8 Å². The largest absolute Gasteiger partial charge is 0.310 e. The number of rotatable bonds is 20. The Morgan fingerprint density at radius 3 is 1.38 bits per heavy atom. The van der Waals surface area contributed by atoms with Gasteiger partial charge in [-0.2, -0.15) is 0 Å². The van der Waals surface area contributed by atoms with Gasteiger partial charge in [0.15, 0.2) is 0 Å². The summed E-state index contributed by atoms with van der Waals surface area (Å²) in [4.78, 5) is 30.5. The molecule has 2 N–H and O–H groups in total. The Morgan fingerprint density at radius 1 is 0.618 bits per heavy atom. The second kappa shape index (κ2) is 19.4. The molecular formula is C29H51N3O2. The molecule has 0 aliphatic rings. The minimum absolute atomic E-state index is 0.0263. The molecule has 5 nitrogen and oxygen atoms in total. The first-order chi connectivity index (χ1) is 16.5. The summed E-state index contributed by atoms with van der Waals surface area (Å²) in [5.74, 6) is 1.20. The molecule has 194 valence electrons. The average Bonchev–Trinajstić information content (AvgIpc) is 2.83. The maximum absolute atomic E-state index is 13.0. The molecule has 1 heterocycles. The van der Waals surface area contributed by atoms with Gasteiger partial charge >= 0.3 is 0 Å². The van der Waals surface area contributed by atoms with E-state index in [9.17, 15) is 9.59 Å². The van der Waals surface area contributed by atoms with E-state index < -0.39 is 0 Å². The van der Waals surface area contributed by atoms with E-state index in [0.717, 1.165) is 64.2 Å². The molecule has 0 saturated heterocycles. The van der Waals surface area contributed by atoms with Crippen molar-refractivity contribution in [3.05, 3.63) is 18.2 Å². The number of amides is 2. The highest BCUT2D eigenvalue weighted by atomic mass is 16.2. The Kier molecular flexibility index (Phi) is 17.2. The minimum atomic E-state index is 0.0263. The van der Waals surface area contributed by atoms with Gasteiger partial charge in [-0.15, -0.1) is 0 Å². The van der Waals surface area contributed by atoms with E-state index in [2.05, 4.69) is 43.3 Å². The summed E-state index contributed by atoms with van der Waals surface area (Å²) in [5, 5.41) is 6.03. The van der Waals surface area contributed by atoms with Gasteiger partial charge in [-0.25, -0.2) is 4.98 Å². The third kappa shape index (κ3) is 13.1. The van der Waals surface area contributed by atoms with Crippen LogP contribution in [0.5, 0.6) is 0 Å². The molecule has 2 atom stereocenters. The predicted octanol–water partition coefficient (Wildman–Crippen LogP) is 8.51. The number of anilines is 2. The number of carbonyl (C=O) groups is 2. The van der Waals surface area contributed by atoms with Crippen LogP contribution in [0.4, 0.5) is 11.6 Å². The first-order valence-corrected chi connectivity index (χ1v) is 14.1. The van der Waals surface area contributed by atoms with Gasteiger partial charge in [0, 0.05) is 11.8 Å². The summed E-state index contributed by atoms with van der Waals surface area (Å²) < 4.78 is 0. The van der Waals surface area contributed by atoms with Crippen molar-refractivity contribution in [2.45, 2.75) is 130 Å². The Morgan fingerprint density at radius 2 is 1.00 bits per heavy atom. The number of hydrogen-bond acceptors (Lipinski definition) is 3. The van der Waals surface area contributed by atoms with Crippen LogP contribution in [0.1, 0.15) is 130 Å². The molecule has 1 aromatic heterocycles. The van der Waals surface area contributed by atoms with Crippen molar-refractivity contribution in [3.8, 4) is 0 Å². The van der Waals surface area contributed by atoms with Crippen LogP contribution in [0.25, 0.3) is 0 Å². The van der Waals surface area contributed by atoms with Crippen LogP contribution in [-0.2, 0) is 9.59 Å². The monoisotopic (exact) mass is 473 g/mol. The van der Waals surface area contributed by atoms with Gasteiger partial charge in [0.1, 0.15) is 11.6 Å². The first kappa shape index (κ1) is 30.1. The zero-order valence-corrected chi connectivity index (χ0v) is 22.5. The Balaban J connectivity index is 2.72. The Hall–Kier alpha value is -1.91. The summed E-state index contributed by atoms with van der Waals surface area (Å²) in [6, 6.07) is 5.46. The number of aromatic nitrogens is 1. The second-order valence-electron chi connectivity index (χ2n) is 9.76. The van der Waals surface area contributed by atoms with Crippen molar-refractivity contribution in [1.82, 2.24) is 4.98 Å². The maximum Gasteiger partial charge on any atom is 0.228 e. The van der Waals surface area contributed by atoms with E-state index in [0.29, 0.717) is 11.6 Å².